The predicted octanol–water partition coefficient (Wildman–Crippen LogP) is 19.5. The van der Waals surface area contributed by atoms with Crippen molar-refractivity contribution in [2.45, 2.75) is 79.5 Å². The standard InChI is InChI=1S/C79H69BN4/c1-77(2,3)50-51-44-74-76-75(45-51)82(59-36-30-55(31-37-59)53-22-14-11-15-23-53)73-49-61(84-69-27-19-17-25-63(69)65-47-57(79(7,8)9)33-43-71(65)84)39-41-67(73)80(76)66-40-38-60(48-72(66)81(74)58-34-28-54(29-35-58)52-20-12-10-13-21-52)83-68-26-18-16-24-62(68)64-46-56(78(4,5)6)32-42-70(64)83/h10-49H,50H2,1-9H3/i16D,17D,18D,19D,24D,25D,26D,27D,50D2. The molecule has 0 amide bonds. The van der Waals surface area contributed by atoms with E-state index in [1.165, 1.54) is 0 Å². The van der Waals surface area contributed by atoms with Gasteiger partial charge >= 0.3 is 0 Å². The Kier molecular flexibility index (Phi) is 9.48. The minimum atomic E-state index is -1.92. The van der Waals surface area contributed by atoms with Crippen LogP contribution in [0.4, 0.5) is 34.1 Å². The maximum absolute atomic E-state index is 10.3. The minimum absolute atomic E-state index is 0.112. The molecule has 2 aliphatic rings. The number of nitrogens with zero attached hydrogens (tertiary/aromatic N) is 4. The van der Waals surface area contributed by atoms with Gasteiger partial charge in [-0.3, -0.25) is 0 Å². The number of benzene rings is 11. The lowest BCUT2D eigenvalue weighted by molar-refractivity contribution is 0.411. The summed E-state index contributed by atoms with van der Waals surface area (Å²) in [4.78, 5) is 4.50. The lowest BCUT2D eigenvalue weighted by atomic mass is 9.33. The average Bonchev–Trinajstić information content (AvgIpc) is 0.764. The largest absolute Gasteiger partial charge is 0.311 e. The van der Waals surface area contributed by atoms with Crippen molar-refractivity contribution in [3.05, 3.63) is 259 Å². The number of anilines is 6. The molecule has 4 nitrogen and oxygen atoms in total. The number of aromatic nitrogens is 2. The first kappa shape index (κ1) is 41.6. The first-order valence-electron chi connectivity index (χ1n) is 34.1. The van der Waals surface area contributed by atoms with E-state index in [1.807, 2.05) is 90.6 Å². The molecule has 11 aromatic carbocycles. The number of rotatable bonds is 7. The summed E-state index contributed by atoms with van der Waals surface area (Å²) < 4.78 is 98.9. The first-order valence-corrected chi connectivity index (χ1v) is 29.1. The van der Waals surface area contributed by atoms with Gasteiger partial charge in [0.05, 0.1) is 33.0 Å². The van der Waals surface area contributed by atoms with Crippen molar-refractivity contribution in [3.8, 4) is 33.6 Å². The van der Waals surface area contributed by atoms with E-state index in [0.717, 1.165) is 94.9 Å². The smallest absolute Gasteiger partial charge is 0.252 e. The molecule has 15 rings (SSSR count). The van der Waals surface area contributed by atoms with E-state index in [2.05, 4.69) is 185 Å². The topological polar surface area (TPSA) is 16.3 Å². The molecule has 0 atom stereocenters. The van der Waals surface area contributed by atoms with Crippen LogP contribution in [0.25, 0.3) is 77.2 Å². The van der Waals surface area contributed by atoms with Gasteiger partial charge in [-0.2, -0.15) is 0 Å². The Labute approximate surface area is 509 Å². The van der Waals surface area contributed by atoms with Gasteiger partial charge in [0.25, 0.3) is 6.71 Å². The summed E-state index contributed by atoms with van der Waals surface area (Å²) in [7, 11) is 0. The molecular weight excluding hydrogens is 1020 g/mol. The van der Waals surface area contributed by atoms with E-state index in [0.29, 0.717) is 49.5 Å². The van der Waals surface area contributed by atoms with Crippen LogP contribution in [0, 0.1) is 5.41 Å². The number of hydrogen-bond acceptors (Lipinski definition) is 2. The number of fused-ring (bicyclic) bond motifs is 10. The molecule has 0 bridgehead atoms. The van der Waals surface area contributed by atoms with Crippen LogP contribution >= 0.6 is 0 Å². The Balaban J connectivity index is 1.07. The van der Waals surface area contributed by atoms with E-state index in [4.69, 9.17) is 5.48 Å². The zero-order valence-corrected chi connectivity index (χ0v) is 48.8. The summed E-state index contributed by atoms with van der Waals surface area (Å²) >= 11 is 0. The molecule has 13 aromatic rings. The summed E-state index contributed by atoms with van der Waals surface area (Å²) in [5.41, 5.74) is 16.3. The summed E-state index contributed by atoms with van der Waals surface area (Å²) in [6.45, 7) is 18.1. The fraction of sp³-hybridized carbons (Fsp3) is 0.165. The summed E-state index contributed by atoms with van der Waals surface area (Å²) in [5, 5.41) is 2.30. The van der Waals surface area contributed by atoms with E-state index in [-0.39, 0.29) is 59.2 Å². The van der Waals surface area contributed by atoms with Crippen molar-refractivity contribution < 1.29 is 13.7 Å². The van der Waals surface area contributed by atoms with Crippen LogP contribution in [-0.4, -0.2) is 15.8 Å². The van der Waals surface area contributed by atoms with Crippen molar-refractivity contribution in [1.82, 2.24) is 9.13 Å². The third-order valence-electron chi connectivity index (χ3n) is 17.1. The third-order valence-corrected chi connectivity index (χ3v) is 17.1. The highest BCUT2D eigenvalue weighted by Crippen LogP contribution is 2.48. The second kappa shape index (κ2) is 19.1. The third kappa shape index (κ3) is 8.50. The van der Waals surface area contributed by atoms with Crippen molar-refractivity contribution in [2.24, 2.45) is 5.41 Å². The van der Waals surface area contributed by atoms with Crippen molar-refractivity contribution in [3.63, 3.8) is 0 Å². The van der Waals surface area contributed by atoms with Crippen LogP contribution in [0.1, 0.15) is 92.7 Å². The van der Waals surface area contributed by atoms with E-state index >= 15 is 0 Å². The van der Waals surface area contributed by atoms with Crippen LogP contribution in [-0.2, 0) is 17.2 Å². The highest BCUT2D eigenvalue weighted by molar-refractivity contribution is 7.00. The normalized spacial score (nSPS) is 15.1. The molecule has 84 heavy (non-hydrogen) atoms. The highest BCUT2D eigenvalue weighted by Gasteiger charge is 2.44. The van der Waals surface area contributed by atoms with Gasteiger partial charge < -0.3 is 18.9 Å². The van der Waals surface area contributed by atoms with Crippen molar-refractivity contribution in [1.29, 1.82) is 0 Å². The van der Waals surface area contributed by atoms with Gasteiger partial charge in [-0.05, 0) is 175 Å². The quantitative estimate of drug-likeness (QED) is 0.148. The molecule has 0 saturated heterocycles. The van der Waals surface area contributed by atoms with Gasteiger partial charge in [0.15, 0.2) is 0 Å². The van der Waals surface area contributed by atoms with Gasteiger partial charge in [0, 0.05) is 69.8 Å². The molecule has 0 saturated carbocycles. The molecule has 0 N–H and O–H groups in total. The molecule has 4 heterocycles. The van der Waals surface area contributed by atoms with Crippen molar-refractivity contribution >= 4 is 101 Å². The van der Waals surface area contributed by atoms with E-state index in [9.17, 15) is 8.22 Å². The maximum atomic E-state index is 10.3. The predicted molar refractivity (Wildman–Crippen MR) is 361 cm³/mol. The Bertz CT molecular complexity index is 5010. The van der Waals surface area contributed by atoms with Gasteiger partial charge in [0.1, 0.15) is 0 Å². The second-order valence-corrected chi connectivity index (χ2v) is 25.8. The number of hydrogen-bond donors (Lipinski definition) is 0. The van der Waals surface area contributed by atoms with E-state index < -0.39 is 18.5 Å². The van der Waals surface area contributed by atoms with Crippen LogP contribution in [0.5, 0.6) is 0 Å². The molecule has 0 aliphatic carbocycles. The van der Waals surface area contributed by atoms with Gasteiger partial charge in [-0.25, -0.2) is 0 Å². The van der Waals surface area contributed by atoms with Crippen LogP contribution < -0.4 is 26.2 Å². The van der Waals surface area contributed by atoms with E-state index in [1.54, 1.807) is 0 Å². The Morgan fingerprint density at radius 3 is 1.17 bits per heavy atom. The molecule has 2 aliphatic heterocycles. The molecule has 5 heteroatoms. The fourth-order valence-electron chi connectivity index (χ4n) is 13.1. The fourth-order valence-corrected chi connectivity index (χ4v) is 13.1. The lowest BCUT2D eigenvalue weighted by Crippen LogP contribution is -2.61. The van der Waals surface area contributed by atoms with Crippen LogP contribution in [0.15, 0.2) is 242 Å². The van der Waals surface area contributed by atoms with Gasteiger partial charge in [-0.1, -0.05) is 208 Å². The zero-order chi connectivity index (χ0) is 66.1. The Hall–Kier alpha value is -9.32. The average molecular weight is 1100 g/mol. The lowest BCUT2D eigenvalue weighted by Gasteiger charge is -2.45. The molecule has 0 radical (unpaired) electrons. The maximum Gasteiger partial charge on any atom is 0.252 e. The van der Waals surface area contributed by atoms with Crippen molar-refractivity contribution in [2.75, 3.05) is 9.80 Å². The first-order chi connectivity index (χ1) is 44.6. The Morgan fingerprint density at radius 1 is 0.369 bits per heavy atom. The molecule has 2 aromatic heterocycles. The van der Waals surface area contributed by atoms with Crippen LogP contribution in [0.3, 0.4) is 0 Å². The summed E-state index contributed by atoms with van der Waals surface area (Å²) in [6, 6.07) is 64.8. The number of para-hydroxylation sites is 2. The second-order valence-electron chi connectivity index (χ2n) is 25.8. The van der Waals surface area contributed by atoms with Gasteiger partial charge in [-0.15, -0.1) is 0 Å². The Morgan fingerprint density at radius 2 is 0.762 bits per heavy atom. The molecule has 0 spiro atoms. The van der Waals surface area contributed by atoms with Gasteiger partial charge in [0.2, 0.25) is 0 Å². The molecule has 0 fully saturated rings. The summed E-state index contributed by atoms with van der Waals surface area (Å²) in [6.07, 6.45) is -1.92. The molecule has 408 valence electrons. The van der Waals surface area contributed by atoms with Crippen LogP contribution in [0.2, 0.25) is 0 Å². The summed E-state index contributed by atoms with van der Waals surface area (Å²) in [5.74, 6) is 0. The molecule has 0 unspecified atom stereocenters. The monoisotopic (exact) mass is 1090 g/mol. The highest BCUT2D eigenvalue weighted by atomic mass is 15.2. The SMILES string of the molecule is [2H]c1c([2H])c([2H])c2c(c1[2H])c1cc(C(C)(C)C)ccc1n2-c1ccc2c(c1)N(c1ccc(-c3ccccc3)cc1)c1cc(C([2H])([2H])C(C)(C)C)cc3c1B2c1ccc(-n2c4ccc(C(C)(C)C)cc4c4c([2H])c([2H])c([2H])c([2H])c42)cc1N3c1ccc(-c2ccccc2)cc1. The molecular formula is C79H69BN4. The minimum Gasteiger partial charge on any atom is -0.311 e. The zero-order valence-electron chi connectivity index (χ0n) is 58.8.